The molecule has 0 spiro atoms. The fraction of sp³-hybridized carbons (Fsp3) is 0. The molecule has 2 aromatic heterocycles. The van der Waals surface area contributed by atoms with Crippen molar-refractivity contribution in [3.8, 4) is 22.3 Å². The molecule has 0 fully saturated rings. The molecule has 0 saturated heterocycles. The molecule has 204 valence electrons. The highest BCUT2D eigenvalue weighted by Crippen LogP contribution is 2.40. The van der Waals surface area contributed by atoms with Gasteiger partial charge in [-0.3, -0.25) is 19.6 Å². The molecule has 2 heterocycles. The zero-order valence-corrected chi connectivity index (χ0v) is 22.4. The molecule has 6 N–H and O–H groups in total. The second-order valence-electron chi connectivity index (χ2n) is 9.72. The van der Waals surface area contributed by atoms with Gasteiger partial charge in [0.25, 0.3) is 0 Å². The molecule has 0 saturated carbocycles. The van der Waals surface area contributed by atoms with Gasteiger partial charge in [0.2, 0.25) is 11.8 Å². The van der Waals surface area contributed by atoms with Crippen LogP contribution in [0.4, 0.5) is 22.7 Å². The van der Waals surface area contributed by atoms with Crippen LogP contribution in [0.5, 0.6) is 0 Å². The van der Waals surface area contributed by atoms with Gasteiger partial charge in [0, 0.05) is 58.7 Å². The molecular formula is C34H26N6O2. The number of primary amides is 2. The lowest BCUT2D eigenvalue weighted by molar-refractivity contribution is 0.0992. The molecule has 0 atom stereocenters. The smallest absolute Gasteiger partial charge is 0.249 e. The van der Waals surface area contributed by atoms with E-state index in [4.69, 9.17) is 11.5 Å². The summed E-state index contributed by atoms with van der Waals surface area (Å²) in [6.45, 7) is 0. The maximum atomic E-state index is 13.1. The molecule has 0 aliphatic carbocycles. The van der Waals surface area contributed by atoms with Crippen LogP contribution in [0, 0.1) is 0 Å². The van der Waals surface area contributed by atoms with Crippen LogP contribution in [-0.4, -0.2) is 21.8 Å². The molecule has 2 amide bonds. The van der Waals surface area contributed by atoms with E-state index >= 15 is 0 Å². The Morgan fingerprint density at radius 3 is 1.55 bits per heavy atom. The lowest BCUT2D eigenvalue weighted by atomic mass is 9.86. The number of hydrogen-bond acceptors (Lipinski definition) is 6. The number of nitrogens with one attached hydrogen (secondary N) is 2. The number of anilines is 4. The van der Waals surface area contributed by atoms with Gasteiger partial charge in [0.05, 0.1) is 5.56 Å². The minimum atomic E-state index is -0.557. The number of hydrogen-bond donors (Lipinski definition) is 4. The fourth-order valence-corrected chi connectivity index (χ4v) is 5.00. The van der Waals surface area contributed by atoms with E-state index in [1.165, 1.54) is 0 Å². The first kappa shape index (κ1) is 26.2. The molecular weight excluding hydrogens is 524 g/mol. The van der Waals surface area contributed by atoms with E-state index in [9.17, 15) is 9.59 Å². The lowest BCUT2D eigenvalue weighted by Crippen LogP contribution is -2.15. The van der Waals surface area contributed by atoms with Gasteiger partial charge in [-0.1, -0.05) is 30.3 Å². The standard InChI is InChI=1S/C34H26N6O2/c35-33(41)23-5-10-29-24(19-23)20-30(21-1-6-25(7-2-21)39-27-11-15-37-16-12-27)32(34(36)42)31(29)22-3-8-26(9-4-22)40-28-13-17-38-18-14-28/h1-20H,(H2,35,41)(H2,36,42)(H,37,39)(H,38,40). The zero-order chi connectivity index (χ0) is 29.1. The molecule has 0 bridgehead atoms. The third-order valence-electron chi connectivity index (χ3n) is 6.98. The molecule has 0 unspecified atom stereocenters. The molecule has 8 nitrogen and oxygen atoms in total. The van der Waals surface area contributed by atoms with Crippen molar-refractivity contribution in [3.63, 3.8) is 0 Å². The summed E-state index contributed by atoms with van der Waals surface area (Å²) in [7, 11) is 0. The highest BCUT2D eigenvalue weighted by Gasteiger charge is 2.21. The monoisotopic (exact) mass is 550 g/mol. The summed E-state index contributed by atoms with van der Waals surface area (Å²) < 4.78 is 0. The number of carbonyl (C=O) groups is 2. The molecule has 6 aromatic rings. The van der Waals surface area contributed by atoms with Crippen molar-refractivity contribution in [2.24, 2.45) is 11.5 Å². The van der Waals surface area contributed by atoms with E-state index in [1.807, 2.05) is 84.9 Å². The van der Waals surface area contributed by atoms with Gasteiger partial charge in [-0.2, -0.15) is 0 Å². The summed E-state index contributed by atoms with van der Waals surface area (Å²) in [4.78, 5) is 33.3. The number of amides is 2. The molecule has 8 heteroatoms. The van der Waals surface area contributed by atoms with Crippen molar-refractivity contribution in [1.82, 2.24) is 9.97 Å². The third-order valence-corrected chi connectivity index (χ3v) is 6.98. The Labute approximate surface area is 242 Å². The number of carbonyl (C=O) groups excluding carboxylic acids is 2. The number of benzene rings is 4. The fourth-order valence-electron chi connectivity index (χ4n) is 5.00. The van der Waals surface area contributed by atoms with Crippen molar-refractivity contribution in [2.45, 2.75) is 0 Å². The van der Waals surface area contributed by atoms with Crippen LogP contribution in [0.15, 0.2) is 122 Å². The largest absolute Gasteiger partial charge is 0.366 e. The van der Waals surface area contributed by atoms with Crippen molar-refractivity contribution >= 4 is 45.3 Å². The second-order valence-corrected chi connectivity index (χ2v) is 9.72. The zero-order valence-electron chi connectivity index (χ0n) is 22.4. The molecule has 42 heavy (non-hydrogen) atoms. The van der Waals surface area contributed by atoms with Crippen molar-refractivity contribution < 1.29 is 9.59 Å². The first-order valence-electron chi connectivity index (χ1n) is 13.2. The van der Waals surface area contributed by atoms with Crippen LogP contribution < -0.4 is 22.1 Å². The average Bonchev–Trinajstić information content (AvgIpc) is 3.01. The van der Waals surface area contributed by atoms with Crippen LogP contribution in [0.1, 0.15) is 20.7 Å². The van der Waals surface area contributed by atoms with Gasteiger partial charge < -0.3 is 22.1 Å². The molecule has 0 aliphatic rings. The summed E-state index contributed by atoms with van der Waals surface area (Å²) >= 11 is 0. The number of pyridine rings is 2. The Bertz CT molecular complexity index is 1910. The van der Waals surface area contributed by atoms with Crippen LogP contribution in [0.25, 0.3) is 33.0 Å². The SMILES string of the molecule is NC(=O)c1ccc2c(-c3ccc(Nc4ccncc4)cc3)c(C(N)=O)c(-c3ccc(Nc4ccncc4)cc3)cc2c1. The number of aromatic nitrogens is 2. The summed E-state index contributed by atoms with van der Waals surface area (Å²) in [6, 6.07) is 30.1. The lowest BCUT2D eigenvalue weighted by Gasteiger charge is -2.18. The van der Waals surface area contributed by atoms with Crippen LogP contribution in [0.2, 0.25) is 0 Å². The van der Waals surface area contributed by atoms with E-state index in [-0.39, 0.29) is 0 Å². The number of fused-ring (bicyclic) bond motifs is 1. The van der Waals surface area contributed by atoms with Crippen molar-refractivity contribution in [2.75, 3.05) is 10.6 Å². The normalized spacial score (nSPS) is 10.8. The third kappa shape index (κ3) is 5.37. The van der Waals surface area contributed by atoms with Crippen LogP contribution >= 0.6 is 0 Å². The Hall–Kier alpha value is -6.02. The quantitative estimate of drug-likeness (QED) is 0.168. The average molecular weight is 551 g/mol. The van der Waals surface area contributed by atoms with Gasteiger partial charge in [0.1, 0.15) is 0 Å². The van der Waals surface area contributed by atoms with E-state index in [1.54, 1.807) is 36.9 Å². The maximum absolute atomic E-state index is 13.1. The summed E-state index contributed by atoms with van der Waals surface area (Å²) in [6.07, 6.45) is 6.87. The van der Waals surface area contributed by atoms with Gasteiger partial charge in [0.15, 0.2) is 0 Å². The van der Waals surface area contributed by atoms with Crippen molar-refractivity contribution in [3.05, 3.63) is 133 Å². The van der Waals surface area contributed by atoms with Crippen LogP contribution in [0.3, 0.4) is 0 Å². The first-order valence-corrected chi connectivity index (χ1v) is 13.2. The highest BCUT2D eigenvalue weighted by atomic mass is 16.1. The van der Waals surface area contributed by atoms with Crippen LogP contribution in [-0.2, 0) is 0 Å². The van der Waals surface area contributed by atoms with E-state index in [0.29, 0.717) is 22.3 Å². The topological polar surface area (TPSA) is 136 Å². The predicted octanol–water partition coefficient (Wildman–Crippen LogP) is 6.65. The molecule has 0 aliphatic heterocycles. The van der Waals surface area contributed by atoms with Gasteiger partial charge in [-0.25, -0.2) is 0 Å². The first-order chi connectivity index (χ1) is 20.5. The highest BCUT2D eigenvalue weighted by molar-refractivity contribution is 6.15. The summed E-state index contributed by atoms with van der Waals surface area (Å²) in [5.41, 5.74) is 18.9. The number of nitrogens with two attached hydrogens (primary N) is 2. The maximum Gasteiger partial charge on any atom is 0.249 e. The summed E-state index contributed by atoms with van der Waals surface area (Å²) in [5, 5.41) is 8.23. The number of rotatable bonds is 8. The number of nitrogens with zero attached hydrogens (tertiary/aromatic N) is 2. The Morgan fingerprint density at radius 2 is 1.05 bits per heavy atom. The van der Waals surface area contributed by atoms with E-state index in [0.717, 1.165) is 44.6 Å². The summed E-state index contributed by atoms with van der Waals surface area (Å²) in [5.74, 6) is -1.09. The Kier molecular flexibility index (Phi) is 7.01. The minimum Gasteiger partial charge on any atom is -0.366 e. The van der Waals surface area contributed by atoms with Gasteiger partial charge in [-0.15, -0.1) is 0 Å². The molecule has 6 rings (SSSR count). The Morgan fingerprint density at radius 1 is 0.548 bits per heavy atom. The molecule has 4 aromatic carbocycles. The minimum absolute atomic E-state index is 0.375. The van der Waals surface area contributed by atoms with E-state index in [2.05, 4.69) is 20.6 Å². The van der Waals surface area contributed by atoms with Crippen molar-refractivity contribution in [1.29, 1.82) is 0 Å². The predicted molar refractivity (Wildman–Crippen MR) is 167 cm³/mol. The van der Waals surface area contributed by atoms with Gasteiger partial charge >= 0.3 is 0 Å². The Balaban J connectivity index is 1.48. The van der Waals surface area contributed by atoms with Gasteiger partial charge in [-0.05, 0) is 94.2 Å². The van der Waals surface area contributed by atoms with E-state index < -0.39 is 11.8 Å². The molecule has 0 radical (unpaired) electrons. The second kappa shape index (κ2) is 11.2.